The Hall–Kier alpha value is -11.9. The fraction of sp³-hybridized carbons (Fsp3) is 0.512. The molecule has 0 unspecified atom stereocenters. The molecular formula is C84H120N16O21. The van der Waals surface area contributed by atoms with Crippen LogP contribution in [0, 0.1) is 23.7 Å². The molecule has 0 fully saturated rings. The zero-order valence-electron chi connectivity index (χ0n) is 69.6. The molecule has 17 atom stereocenters. The van der Waals surface area contributed by atoms with Gasteiger partial charge in [-0.1, -0.05) is 166 Å². The summed E-state index contributed by atoms with van der Waals surface area (Å²) in [6, 6.07) is 8.84. The van der Waals surface area contributed by atoms with Gasteiger partial charge in [-0.15, -0.1) is 0 Å². The number of aromatic hydroxyl groups is 1. The number of carboxylic acid groups (broad SMARTS) is 2. The number of unbranched alkanes of at least 4 members (excludes halogenated alkanes) is 1. The number of rotatable bonds is 52. The standard InChI is InChI=1S/C84H120N16O21/c1-10-46(6)68(86)81(117)94-58(35-45(4)5)76(112)99-70(48(8)12-3)83(119)95-60(36-50-23-15-13-16-24-50)74(110)92-62(39-53-41-87-56-28-20-19-27-55(53)56)75(111)97-64(43-101)79(115)90-57(29-21-22-34-85)72(108)93-63(40-67(106)107)78(114)98-69(47(7)11-2)82(118)88-42-66(105)89-59(38-52-30-32-54(104)33-31-52)73(109)96-65(44-102)80(116)91-61(37-51-25-17-14-18-26-51)77(113)100-71(49(9)103)84(120)121/h13-20,23-28,30-33,41,45-49,57-65,68-71,87,101-104H,10-12,21-22,29,34-40,42-44,85-86H2,1-9H3,(H,88,118)(H,89,105)(H,90,115)(H,91,116)(H,92,110)(H,93,108)(H,94,117)(H,95,119)(H,96,109)(H,97,111)(H,98,114)(H,99,112)(H,100,113)(H,106,107)(H,120,121)/t46-,47-,48-,49+,57-,58-,59-,60-,61-,62-,63-,64-,65-,68-,69-,70-,71-/m0/s1. The molecule has 5 rings (SSSR count). The number of hydrogen-bond donors (Lipinski definition) is 22. The highest BCUT2D eigenvalue weighted by Gasteiger charge is 2.40. The average Bonchev–Trinajstić information content (AvgIpc) is 1.70. The number of aromatic nitrogens is 1. The summed E-state index contributed by atoms with van der Waals surface area (Å²) in [6.07, 6.45) is -0.601. The van der Waals surface area contributed by atoms with Crippen LogP contribution in [0.25, 0.3) is 10.9 Å². The van der Waals surface area contributed by atoms with Crippen LogP contribution >= 0.6 is 0 Å². The Kier molecular flexibility index (Phi) is 41.4. The Morgan fingerprint density at radius 3 is 1.29 bits per heavy atom. The highest BCUT2D eigenvalue weighted by Crippen LogP contribution is 2.22. The molecule has 0 aliphatic rings. The van der Waals surface area contributed by atoms with Crippen molar-refractivity contribution >= 4 is 99.6 Å². The minimum Gasteiger partial charge on any atom is -0.508 e. The number of phenols is 1. The summed E-state index contributed by atoms with van der Waals surface area (Å²) in [4.78, 5) is 213. The number of phenolic OH excluding ortho intramolecular Hbond substituents is 1. The summed E-state index contributed by atoms with van der Waals surface area (Å²) in [5.74, 6) is -17.9. The molecule has 0 radical (unpaired) electrons. The van der Waals surface area contributed by atoms with Gasteiger partial charge in [-0.3, -0.25) is 67.1 Å². The second-order valence-corrected chi connectivity index (χ2v) is 30.7. The second kappa shape index (κ2) is 50.2. The van der Waals surface area contributed by atoms with Crippen molar-refractivity contribution in [3.63, 3.8) is 0 Å². The summed E-state index contributed by atoms with van der Waals surface area (Å²) in [6.45, 7) is 12.2. The first-order valence-electron chi connectivity index (χ1n) is 40.6. The maximum absolute atomic E-state index is 15.1. The number of benzene rings is 4. The van der Waals surface area contributed by atoms with Crippen molar-refractivity contribution in [2.24, 2.45) is 35.1 Å². The Labute approximate surface area is 702 Å². The first kappa shape index (κ1) is 99.6. The molecule has 37 nitrogen and oxygen atoms in total. The molecule has 662 valence electrons. The van der Waals surface area contributed by atoms with E-state index in [1.54, 1.807) is 112 Å². The second-order valence-electron chi connectivity index (χ2n) is 30.7. The Balaban J connectivity index is 1.36. The van der Waals surface area contributed by atoms with Gasteiger partial charge in [0.1, 0.15) is 72.2 Å². The van der Waals surface area contributed by atoms with E-state index in [-0.39, 0.29) is 81.9 Å². The van der Waals surface area contributed by atoms with Gasteiger partial charge in [0, 0.05) is 42.8 Å². The lowest BCUT2D eigenvalue weighted by Gasteiger charge is -2.30. The molecule has 1 heterocycles. The summed E-state index contributed by atoms with van der Waals surface area (Å²) >= 11 is 0. The van der Waals surface area contributed by atoms with Gasteiger partial charge in [-0.05, 0) is 103 Å². The van der Waals surface area contributed by atoms with E-state index in [1.165, 1.54) is 31.2 Å². The quantitative estimate of drug-likeness (QED) is 0.0200. The highest BCUT2D eigenvalue weighted by atomic mass is 16.4. The lowest BCUT2D eigenvalue weighted by molar-refractivity contribution is -0.145. The Morgan fingerprint density at radius 1 is 0.413 bits per heavy atom. The topological polar surface area (TPSA) is 602 Å². The van der Waals surface area contributed by atoms with Crippen LogP contribution in [-0.2, 0) is 97.6 Å². The minimum absolute atomic E-state index is 0.0949. The van der Waals surface area contributed by atoms with Crippen LogP contribution in [0.3, 0.4) is 0 Å². The van der Waals surface area contributed by atoms with E-state index >= 15 is 4.79 Å². The molecule has 0 saturated heterocycles. The van der Waals surface area contributed by atoms with Gasteiger partial charge in [-0.25, -0.2) is 4.79 Å². The molecule has 13 amide bonds. The molecule has 5 aromatic rings. The smallest absolute Gasteiger partial charge is 0.328 e. The van der Waals surface area contributed by atoms with Gasteiger partial charge in [0.15, 0.2) is 6.04 Å². The molecule has 4 aromatic carbocycles. The molecular weight excluding hydrogens is 1570 g/mol. The zero-order valence-corrected chi connectivity index (χ0v) is 69.6. The van der Waals surface area contributed by atoms with Gasteiger partial charge in [0.25, 0.3) is 0 Å². The monoisotopic (exact) mass is 1690 g/mol. The van der Waals surface area contributed by atoms with Gasteiger partial charge in [0.2, 0.25) is 76.8 Å². The predicted octanol–water partition coefficient (Wildman–Crippen LogP) is -1.36. The highest BCUT2D eigenvalue weighted by molar-refractivity contribution is 6.01. The molecule has 0 saturated carbocycles. The van der Waals surface area contributed by atoms with Crippen molar-refractivity contribution in [2.45, 2.75) is 224 Å². The number of aliphatic hydroxyl groups excluding tert-OH is 3. The number of aliphatic hydroxyl groups is 3. The number of hydrogen-bond acceptors (Lipinski definition) is 21. The molecule has 0 aliphatic heterocycles. The number of nitrogens with one attached hydrogen (secondary N) is 14. The van der Waals surface area contributed by atoms with Crippen LogP contribution in [0.1, 0.15) is 136 Å². The number of fused-ring (bicyclic) bond motifs is 1. The number of carbonyl (C=O) groups excluding carboxylic acids is 13. The number of nitrogens with two attached hydrogens (primary N) is 2. The lowest BCUT2D eigenvalue weighted by atomic mass is 9.95. The maximum atomic E-state index is 15.1. The Morgan fingerprint density at radius 2 is 0.810 bits per heavy atom. The van der Waals surface area contributed by atoms with Crippen LogP contribution in [-0.4, -0.2) is 235 Å². The molecule has 0 spiro atoms. The zero-order chi connectivity index (χ0) is 89.7. The summed E-state index contributed by atoms with van der Waals surface area (Å²) in [7, 11) is 0. The van der Waals surface area contributed by atoms with E-state index < -0.39 is 211 Å². The van der Waals surface area contributed by atoms with E-state index in [4.69, 9.17) is 11.5 Å². The molecule has 1 aromatic heterocycles. The molecule has 37 heteroatoms. The van der Waals surface area contributed by atoms with Crippen molar-refractivity contribution < 1.29 is 103 Å². The fourth-order valence-electron chi connectivity index (χ4n) is 12.9. The van der Waals surface area contributed by atoms with E-state index in [9.17, 15) is 97.8 Å². The first-order chi connectivity index (χ1) is 57.4. The number of amides is 13. The Bertz CT molecular complexity index is 4290. The van der Waals surface area contributed by atoms with Crippen molar-refractivity contribution in [3.8, 4) is 5.75 Å². The number of para-hydroxylation sites is 1. The number of aliphatic carboxylic acids is 2. The maximum Gasteiger partial charge on any atom is 0.328 e. The van der Waals surface area contributed by atoms with Crippen LogP contribution in [0.2, 0.25) is 0 Å². The minimum atomic E-state index is -1.99. The van der Waals surface area contributed by atoms with Crippen molar-refractivity contribution in [1.29, 1.82) is 0 Å². The van der Waals surface area contributed by atoms with Gasteiger partial charge in [0.05, 0.1) is 38.3 Å². The largest absolute Gasteiger partial charge is 0.508 e. The van der Waals surface area contributed by atoms with Crippen molar-refractivity contribution in [2.75, 3.05) is 26.3 Å². The van der Waals surface area contributed by atoms with Crippen molar-refractivity contribution in [3.05, 3.63) is 138 Å². The van der Waals surface area contributed by atoms with Gasteiger partial charge >= 0.3 is 11.9 Å². The van der Waals surface area contributed by atoms with E-state index in [1.807, 2.05) is 27.7 Å². The number of carbonyl (C=O) groups is 15. The van der Waals surface area contributed by atoms with E-state index in [0.29, 0.717) is 46.0 Å². The van der Waals surface area contributed by atoms with Crippen LogP contribution in [0.5, 0.6) is 5.75 Å². The number of aromatic amines is 1. The van der Waals surface area contributed by atoms with Crippen LogP contribution in [0.4, 0.5) is 0 Å². The third-order valence-electron chi connectivity index (χ3n) is 20.8. The van der Waals surface area contributed by atoms with E-state index in [2.05, 4.69) is 74.1 Å². The molecule has 0 aliphatic carbocycles. The van der Waals surface area contributed by atoms with Crippen LogP contribution in [0.15, 0.2) is 115 Å². The van der Waals surface area contributed by atoms with Crippen molar-refractivity contribution in [1.82, 2.24) is 74.1 Å². The molecule has 121 heavy (non-hydrogen) atoms. The number of H-pyrrole nitrogens is 1. The third kappa shape index (κ3) is 32.3. The average molecular weight is 1690 g/mol. The lowest BCUT2D eigenvalue weighted by Crippen LogP contribution is -2.62. The summed E-state index contributed by atoms with van der Waals surface area (Å²) in [5.41, 5.74) is 14.6. The number of carboxylic acids is 2. The predicted molar refractivity (Wildman–Crippen MR) is 445 cm³/mol. The summed E-state index contributed by atoms with van der Waals surface area (Å²) < 4.78 is 0. The SMILES string of the molecule is CC[C@H](C)[C@H](N)C(=O)N[C@@H](CC(C)C)C(=O)N[C@H](C(=O)N[C@@H](Cc1ccccc1)C(=O)N[C@@H](Cc1c[nH]c2ccccc12)C(=O)N[C@@H](CO)C(=O)N[C@@H](CCCCN)C(=O)N[C@@H](CC(=O)O)C(=O)N[C@H](C(=O)NCC(=O)N[C@@H](Cc1ccc(O)cc1)C(=O)N[C@@H](CO)C(=O)N[C@@H](Cc1ccccc1)C(=O)N[C@H](C(=O)O)[C@@H](C)O)[C@@H](C)CC)[C@@H](C)CC. The van der Waals surface area contributed by atoms with Gasteiger partial charge in [-0.2, -0.15) is 0 Å². The molecule has 24 N–H and O–H groups in total. The van der Waals surface area contributed by atoms with E-state index in [0.717, 1.165) is 6.92 Å². The first-order valence-corrected chi connectivity index (χ1v) is 40.6. The fourth-order valence-corrected chi connectivity index (χ4v) is 12.9. The summed E-state index contributed by atoms with van der Waals surface area (Å²) in [5, 5.41) is 94.5. The third-order valence-corrected chi connectivity index (χ3v) is 20.8. The van der Waals surface area contributed by atoms with Gasteiger partial charge < -0.3 is 116 Å². The van der Waals surface area contributed by atoms with Crippen LogP contribution < -0.4 is 80.6 Å². The molecule has 0 bridgehead atoms. The normalized spacial score (nSPS) is 15.5.